The van der Waals surface area contributed by atoms with Crippen LogP contribution in [0.4, 0.5) is 0 Å². The number of likely N-dealkylation sites (tertiary alicyclic amines) is 1. The van der Waals surface area contributed by atoms with Crippen LogP contribution in [-0.4, -0.2) is 49.7 Å². The van der Waals surface area contributed by atoms with E-state index in [0.29, 0.717) is 19.8 Å². The molecule has 0 aromatic heterocycles. The summed E-state index contributed by atoms with van der Waals surface area (Å²) in [5, 5.41) is 6.14. The van der Waals surface area contributed by atoms with Gasteiger partial charge in [0.15, 0.2) is 0 Å². The molecule has 1 aromatic rings. The summed E-state index contributed by atoms with van der Waals surface area (Å²) in [6.07, 6.45) is 4.02. The minimum absolute atomic E-state index is 0.0158. The van der Waals surface area contributed by atoms with Crippen LogP contribution in [0.5, 0.6) is 0 Å². The fraction of sp³-hybridized carbons (Fsp3) is 0.611. The van der Waals surface area contributed by atoms with Crippen molar-refractivity contribution in [3.8, 4) is 0 Å². The van der Waals surface area contributed by atoms with E-state index in [0.717, 1.165) is 18.7 Å². The van der Waals surface area contributed by atoms with Crippen LogP contribution in [0.25, 0.3) is 0 Å². The number of hydrogen-bond donors (Lipinski definition) is 2. The van der Waals surface area contributed by atoms with Crippen molar-refractivity contribution < 1.29 is 9.53 Å². The number of carbonyl (C=O) groups is 1. The third-order valence-corrected chi connectivity index (χ3v) is 4.58. The summed E-state index contributed by atoms with van der Waals surface area (Å²) in [5.41, 5.74) is 2.49. The quantitative estimate of drug-likeness (QED) is 0.859. The van der Waals surface area contributed by atoms with E-state index >= 15 is 0 Å². The number of nitrogens with one attached hydrogen (secondary N) is 2. The lowest BCUT2D eigenvalue weighted by Gasteiger charge is -2.26. The number of morpholine rings is 1. The molecule has 2 aliphatic rings. The Morgan fingerprint density at radius 2 is 1.91 bits per heavy atom. The highest BCUT2D eigenvalue weighted by atomic mass is 16.5. The molecule has 1 unspecified atom stereocenters. The highest BCUT2D eigenvalue weighted by molar-refractivity contribution is 5.81. The minimum atomic E-state index is -0.220. The Balaban J connectivity index is 1.44. The molecule has 0 spiro atoms. The average Bonchev–Trinajstić information content (AvgIpc) is 2.62. The van der Waals surface area contributed by atoms with Crippen LogP contribution in [0.2, 0.25) is 0 Å². The van der Waals surface area contributed by atoms with Crippen molar-refractivity contribution in [1.82, 2.24) is 15.5 Å². The third-order valence-electron chi connectivity index (χ3n) is 4.58. The lowest BCUT2D eigenvalue weighted by molar-refractivity contribution is -0.126. The predicted molar refractivity (Wildman–Crippen MR) is 90.0 cm³/mol. The Bertz CT molecular complexity index is 491. The molecule has 0 radical (unpaired) electrons. The van der Waals surface area contributed by atoms with Gasteiger partial charge in [-0.15, -0.1) is 0 Å². The maximum atomic E-state index is 12.0. The van der Waals surface area contributed by atoms with E-state index in [1.54, 1.807) is 0 Å². The molecule has 3 rings (SSSR count). The van der Waals surface area contributed by atoms with Gasteiger partial charge in [-0.1, -0.05) is 30.7 Å². The number of nitrogens with zero attached hydrogens (tertiary/aromatic N) is 1. The van der Waals surface area contributed by atoms with Gasteiger partial charge in [0.1, 0.15) is 6.04 Å². The van der Waals surface area contributed by atoms with Crippen molar-refractivity contribution in [2.45, 2.75) is 38.4 Å². The summed E-state index contributed by atoms with van der Waals surface area (Å²) in [5.74, 6) is 0.0158. The Morgan fingerprint density at radius 3 is 2.61 bits per heavy atom. The molecule has 23 heavy (non-hydrogen) atoms. The molecular formula is C18H27N3O2. The number of benzene rings is 1. The van der Waals surface area contributed by atoms with Crippen LogP contribution >= 0.6 is 0 Å². The Hall–Kier alpha value is -1.43. The normalized spacial score (nSPS) is 22.7. The van der Waals surface area contributed by atoms with Crippen molar-refractivity contribution in [2.24, 2.45) is 0 Å². The van der Waals surface area contributed by atoms with Crippen LogP contribution in [0, 0.1) is 0 Å². The van der Waals surface area contributed by atoms with Gasteiger partial charge in [-0.05, 0) is 37.1 Å². The molecule has 5 heteroatoms. The third kappa shape index (κ3) is 5.03. The Morgan fingerprint density at radius 1 is 1.17 bits per heavy atom. The number of carbonyl (C=O) groups excluding carboxylic acids is 1. The van der Waals surface area contributed by atoms with E-state index in [1.165, 1.54) is 37.9 Å². The second kappa shape index (κ2) is 8.43. The fourth-order valence-corrected chi connectivity index (χ4v) is 3.18. The molecule has 0 bridgehead atoms. The maximum absolute atomic E-state index is 12.0. The number of hydrogen-bond acceptors (Lipinski definition) is 4. The lowest BCUT2D eigenvalue weighted by atomic mass is 10.1. The van der Waals surface area contributed by atoms with Crippen LogP contribution in [0.3, 0.4) is 0 Å². The smallest absolute Gasteiger partial charge is 0.239 e. The van der Waals surface area contributed by atoms with E-state index in [4.69, 9.17) is 4.74 Å². The van der Waals surface area contributed by atoms with Gasteiger partial charge in [-0.25, -0.2) is 0 Å². The first-order valence-electron chi connectivity index (χ1n) is 8.70. The van der Waals surface area contributed by atoms with Crippen molar-refractivity contribution in [2.75, 3.05) is 32.8 Å². The van der Waals surface area contributed by atoms with Gasteiger partial charge < -0.3 is 15.4 Å². The van der Waals surface area contributed by atoms with E-state index < -0.39 is 0 Å². The standard InChI is InChI=1S/C18H27N3O2/c22-18(17-14-23-11-8-19-17)20-12-15-4-6-16(7-5-15)13-21-9-2-1-3-10-21/h4-7,17,19H,1-3,8-14H2,(H,20,22). The van der Waals surface area contributed by atoms with Gasteiger partial charge in [0.05, 0.1) is 13.2 Å². The second-order valence-electron chi connectivity index (χ2n) is 6.45. The van der Waals surface area contributed by atoms with Gasteiger partial charge in [-0.2, -0.15) is 0 Å². The summed E-state index contributed by atoms with van der Waals surface area (Å²) >= 11 is 0. The second-order valence-corrected chi connectivity index (χ2v) is 6.45. The molecule has 2 fully saturated rings. The van der Waals surface area contributed by atoms with Crippen molar-refractivity contribution in [1.29, 1.82) is 0 Å². The molecule has 2 saturated heterocycles. The van der Waals surface area contributed by atoms with Crippen molar-refractivity contribution in [3.63, 3.8) is 0 Å². The zero-order chi connectivity index (χ0) is 15.9. The molecule has 2 heterocycles. The maximum Gasteiger partial charge on any atom is 0.239 e. The molecule has 1 aromatic carbocycles. The molecule has 1 amide bonds. The summed E-state index contributed by atoms with van der Waals surface area (Å²) in [7, 11) is 0. The van der Waals surface area contributed by atoms with Gasteiger partial charge in [0, 0.05) is 19.6 Å². The molecular weight excluding hydrogens is 290 g/mol. The Kier molecular flexibility index (Phi) is 6.02. The van der Waals surface area contributed by atoms with Crippen LogP contribution in [-0.2, 0) is 22.6 Å². The van der Waals surface area contributed by atoms with Gasteiger partial charge in [0.25, 0.3) is 0 Å². The minimum Gasteiger partial charge on any atom is -0.378 e. The monoisotopic (exact) mass is 317 g/mol. The number of amides is 1. The predicted octanol–water partition coefficient (Wildman–Crippen LogP) is 1.28. The van der Waals surface area contributed by atoms with Crippen LogP contribution in [0.15, 0.2) is 24.3 Å². The van der Waals surface area contributed by atoms with E-state index in [9.17, 15) is 4.79 Å². The first-order chi connectivity index (χ1) is 11.3. The molecule has 2 aliphatic heterocycles. The zero-order valence-electron chi connectivity index (χ0n) is 13.7. The van der Waals surface area contributed by atoms with Crippen molar-refractivity contribution in [3.05, 3.63) is 35.4 Å². The number of piperidine rings is 1. The summed E-state index contributed by atoms with van der Waals surface area (Å²) < 4.78 is 5.32. The average molecular weight is 317 g/mol. The number of rotatable bonds is 5. The SMILES string of the molecule is O=C(NCc1ccc(CN2CCCCC2)cc1)C1COCCN1. The van der Waals surface area contributed by atoms with Crippen LogP contribution < -0.4 is 10.6 Å². The summed E-state index contributed by atoms with van der Waals surface area (Å²) in [6, 6.07) is 8.37. The first-order valence-corrected chi connectivity index (χ1v) is 8.70. The van der Waals surface area contributed by atoms with Crippen LogP contribution in [0.1, 0.15) is 30.4 Å². The molecule has 0 aliphatic carbocycles. The largest absolute Gasteiger partial charge is 0.378 e. The van der Waals surface area contributed by atoms with Gasteiger partial charge >= 0.3 is 0 Å². The molecule has 5 nitrogen and oxygen atoms in total. The molecule has 126 valence electrons. The lowest BCUT2D eigenvalue weighted by Crippen LogP contribution is -2.51. The van der Waals surface area contributed by atoms with E-state index in [-0.39, 0.29) is 11.9 Å². The topological polar surface area (TPSA) is 53.6 Å². The summed E-state index contributed by atoms with van der Waals surface area (Å²) in [4.78, 5) is 14.6. The molecule has 0 saturated carbocycles. The van der Waals surface area contributed by atoms with E-state index in [1.807, 2.05) is 0 Å². The zero-order valence-corrected chi connectivity index (χ0v) is 13.7. The van der Waals surface area contributed by atoms with Crippen molar-refractivity contribution >= 4 is 5.91 Å². The Labute approximate surface area is 138 Å². The highest BCUT2D eigenvalue weighted by Crippen LogP contribution is 2.13. The van der Waals surface area contributed by atoms with E-state index in [2.05, 4.69) is 39.8 Å². The fourth-order valence-electron chi connectivity index (χ4n) is 3.18. The summed E-state index contributed by atoms with van der Waals surface area (Å²) in [6.45, 7) is 5.92. The number of ether oxygens (including phenoxy) is 1. The van der Waals surface area contributed by atoms with Gasteiger partial charge in [0.2, 0.25) is 5.91 Å². The highest BCUT2D eigenvalue weighted by Gasteiger charge is 2.20. The molecule has 2 N–H and O–H groups in total. The molecule has 1 atom stereocenters. The van der Waals surface area contributed by atoms with Gasteiger partial charge in [-0.3, -0.25) is 9.69 Å². The first kappa shape index (κ1) is 16.4.